The highest BCUT2D eigenvalue weighted by molar-refractivity contribution is 5.95. The van der Waals surface area contributed by atoms with E-state index in [1.54, 1.807) is 0 Å². The van der Waals surface area contributed by atoms with Crippen molar-refractivity contribution in [1.29, 1.82) is 0 Å². The van der Waals surface area contributed by atoms with Crippen molar-refractivity contribution >= 4 is 17.7 Å². The first kappa shape index (κ1) is 13.1. The highest BCUT2D eigenvalue weighted by atomic mass is 19.1. The van der Waals surface area contributed by atoms with Gasteiger partial charge in [-0.15, -0.1) is 0 Å². The van der Waals surface area contributed by atoms with Gasteiger partial charge in [0.25, 0.3) is 0 Å². The monoisotopic (exact) mass is 268 g/mol. The standard InChI is InChI=1S/C12H13FN2O4/c1-19-9-6-7(2-3-8(9)13)14-11(18)15-12(4-5-12)10(16)17/h2-3,6H,4-5H2,1H3,(H,16,17)(H2,14,15,18). The van der Waals surface area contributed by atoms with Crippen LogP contribution < -0.4 is 15.4 Å². The zero-order valence-corrected chi connectivity index (χ0v) is 10.2. The van der Waals surface area contributed by atoms with Gasteiger partial charge in [-0.2, -0.15) is 0 Å². The Kier molecular flexibility index (Phi) is 3.28. The molecule has 0 radical (unpaired) electrons. The van der Waals surface area contributed by atoms with Crippen LogP contribution in [0, 0.1) is 5.82 Å². The number of methoxy groups -OCH3 is 1. The van der Waals surface area contributed by atoms with Gasteiger partial charge in [-0.3, -0.25) is 0 Å². The first-order valence-electron chi connectivity index (χ1n) is 5.63. The Labute approximate surface area is 108 Å². The van der Waals surface area contributed by atoms with Gasteiger partial charge < -0.3 is 20.5 Å². The highest BCUT2D eigenvalue weighted by Crippen LogP contribution is 2.35. The van der Waals surface area contributed by atoms with Crippen LogP contribution in [-0.2, 0) is 4.79 Å². The number of rotatable bonds is 4. The normalized spacial score (nSPS) is 15.5. The molecule has 0 unspecified atom stereocenters. The summed E-state index contributed by atoms with van der Waals surface area (Å²) in [5, 5.41) is 13.7. The molecule has 1 aromatic carbocycles. The summed E-state index contributed by atoms with van der Waals surface area (Å²) in [5.74, 6) is -1.60. The van der Waals surface area contributed by atoms with Gasteiger partial charge in [0.2, 0.25) is 0 Å². The molecule has 1 saturated carbocycles. The Morgan fingerprint density at radius 1 is 1.42 bits per heavy atom. The number of urea groups is 1. The molecule has 0 spiro atoms. The molecule has 1 aliphatic rings. The maximum atomic E-state index is 13.2. The van der Waals surface area contributed by atoms with Crippen LogP contribution >= 0.6 is 0 Å². The van der Waals surface area contributed by atoms with Gasteiger partial charge in [0.05, 0.1) is 7.11 Å². The first-order valence-corrected chi connectivity index (χ1v) is 5.63. The summed E-state index contributed by atoms with van der Waals surface area (Å²) in [7, 11) is 1.31. The predicted octanol–water partition coefficient (Wildman–Crippen LogP) is 1.57. The second-order valence-corrected chi connectivity index (χ2v) is 4.32. The highest BCUT2D eigenvalue weighted by Gasteiger charge is 2.51. The van der Waals surface area contributed by atoms with Gasteiger partial charge in [0.15, 0.2) is 11.6 Å². The average molecular weight is 268 g/mol. The summed E-state index contributed by atoms with van der Waals surface area (Å²) in [6.07, 6.45) is 0.811. The number of amides is 2. The van der Waals surface area contributed by atoms with Crippen LogP contribution in [0.5, 0.6) is 5.75 Å². The van der Waals surface area contributed by atoms with E-state index in [4.69, 9.17) is 9.84 Å². The van der Waals surface area contributed by atoms with Crippen LogP contribution in [0.15, 0.2) is 18.2 Å². The van der Waals surface area contributed by atoms with Crippen molar-refractivity contribution in [1.82, 2.24) is 5.32 Å². The molecule has 0 saturated heterocycles. The molecule has 102 valence electrons. The van der Waals surface area contributed by atoms with Crippen molar-refractivity contribution < 1.29 is 23.8 Å². The molecule has 1 aromatic rings. The number of aliphatic carboxylic acids is 1. The van der Waals surface area contributed by atoms with Crippen LogP contribution in [0.1, 0.15) is 12.8 Å². The molecule has 19 heavy (non-hydrogen) atoms. The van der Waals surface area contributed by atoms with E-state index in [-0.39, 0.29) is 5.75 Å². The van der Waals surface area contributed by atoms with E-state index in [2.05, 4.69) is 10.6 Å². The number of halogens is 1. The number of carbonyl (C=O) groups is 2. The molecule has 0 aliphatic heterocycles. The van der Waals surface area contributed by atoms with Gasteiger partial charge in [0, 0.05) is 11.8 Å². The van der Waals surface area contributed by atoms with E-state index in [9.17, 15) is 14.0 Å². The number of nitrogens with one attached hydrogen (secondary N) is 2. The molecule has 1 fully saturated rings. The van der Waals surface area contributed by atoms with Crippen molar-refractivity contribution in [3.63, 3.8) is 0 Å². The molecule has 1 aliphatic carbocycles. The second-order valence-electron chi connectivity index (χ2n) is 4.32. The molecule has 7 heteroatoms. The van der Waals surface area contributed by atoms with Crippen LogP contribution in [-0.4, -0.2) is 29.8 Å². The van der Waals surface area contributed by atoms with Crippen molar-refractivity contribution in [2.24, 2.45) is 0 Å². The van der Waals surface area contributed by atoms with E-state index in [1.807, 2.05) is 0 Å². The molecule has 0 heterocycles. The molecule has 3 N–H and O–H groups in total. The Bertz CT molecular complexity index is 528. The maximum absolute atomic E-state index is 13.2. The Hall–Kier alpha value is -2.31. The van der Waals surface area contributed by atoms with E-state index in [1.165, 1.54) is 19.2 Å². The van der Waals surface area contributed by atoms with Gasteiger partial charge in [-0.25, -0.2) is 14.0 Å². The van der Waals surface area contributed by atoms with E-state index < -0.39 is 23.4 Å². The molecule has 0 bridgehead atoms. The molecule has 2 amide bonds. The van der Waals surface area contributed by atoms with Crippen LogP contribution in [0.2, 0.25) is 0 Å². The first-order chi connectivity index (χ1) is 8.97. The molecule has 0 aromatic heterocycles. The fraction of sp³-hybridized carbons (Fsp3) is 0.333. The van der Waals surface area contributed by atoms with Gasteiger partial charge in [-0.05, 0) is 25.0 Å². The van der Waals surface area contributed by atoms with Crippen molar-refractivity contribution in [3.8, 4) is 5.75 Å². The molecular formula is C12H13FN2O4. The zero-order valence-electron chi connectivity index (χ0n) is 10.2. The van der Waals surface area contributed by atoms with Crippen LogP contribution in [0.3, 0.4) is 0 Å². The summed E-state index contributed by atoms with van der Waals surface area (Å²) in [6.45, 7) is 0. The van der Waals surface area contributed by atoms with Crippen molar-refractivity contribution in [2.75, 3.05) is 12.4 Å². The maximum Gasteiger partial charge on any atom is 0.329 e. The molecule has 0 atom stereocenters. The summed E-state index contributed by atoms with van der Waals surface area (Å²) >= 11 is 0. The number of hydrogen-bond acceptors (Lipinski definition) is 3. The average Bonchev–Trinajstić information content (AvgIpc) is 3.12. The van der Waals surface area contributed by atoms with E-state index in [0.717, 1.165) is 6.07 Å². The Morgan fingerprint density at radius 3 is 2.63 bits per heavy atom. The number of hydrogen-bond donors (Lipinski definition) is 3. The minimum Gasteiger partial charge on any atom is -0.494 e. The minimum atomic E-state index is -1.16. The third-order valence-electron chi connectivity index (χ3n) is 2.92. The lowest BCUT2D eigenvalue weighted by Crippen LogP contribution is -2.45. The smallest absolute Gasteiger partial charge is 0.329 e. The van der Waals surface area contributed by atoms with Crippen molar-refractivity contribution in [3.05, 3.63) is 24.0 Å². The van der Waals surface area contributed by atoms with Gasteiger partial charge in [0.1, 0.15) is 5.54 Å². The SMILES string of the molecule is COc1cc(NC(=O)NC2(C(=O)O)CC2)ccc1F. The number of anilines is 1. The summed E-state index contributed by atoms with van der Waals surface area (Å²) in [6, 6.07) is 3.18. The summed E-state index contributed by atoms with van der Waals surface area (Å²) in [5.41, 5.74) is -0.842. The Balaban J connectivity index is 2.01. The molecular weight excluding hydrogens is 255 g/mol. The topological polar surface area (TPSA) is 87.7 Å². The van der Waals surface area contributed by atoms with E-state index in [0.29, 0.717) is 18.5 Å². The largest absolute Gasteiger partial charge is 0.494 e. The Morgan fingerprint density at radius 2 is 2.11 bits per heavy atom. The number of carbonyl (C=O) groups excluding carboxylic acids is 1. The lowest BCUT2D eigenvalue weighted by Gasteiger charge is -2.13. The summed E-state index contributed by atoms with van der Waals surface area (Å²) < 4.78 is 17.9. The minimum absolute atomic E-state index is 0.00262. The molecule has 2 rings (SSSR count). The fourth-order valence-corrected chi connectivity index (χ4v) is 1.63. The van der Waals surface area contributed by atoms with Gasteiger partial charge >= 0.3 is 12.0 Å². The van der Waals surface area contributed by atoms with E-state index >= 15 is 0 Å². The predicted molar refractivity (Wildman–Crippen MR) is 64.7 cm³/mol. The van der Waals surface area contributed by atoms with Crippen molar-refractivity contribution in [2.45, 2.75) is 18.4 Å². The number of benzene rings is 1. The van der Waals surface area contributed by atoms with Gasteiger partial charge in [-0.1, -0.05) is 0 Å². The zero-order chi connectivity index (χ0) is 14.0. The molecule has 6 nitrogen and oxygen atoms in total. The lowest BCUT2D eigenvalue weighted by atomic mass is 10.2. The van der Waals surface area contributed by atoms with Crippen LogP contribution in [0.25, 0.3) is 0 Å². The third-order valence-corrected chi connectivity index (χ3v) is 2.92. The van der Waals surface area contributed by atoms with Crippen LogP contribution in [0.4, 0.5) is 14.9 Å². The third kappa shape index (κ3) is 2.75. The number of ether oxygens (including phenoxy) is 1. The second kappa shape index (κ2) is 4.75. The quantitative estimate of drug-likeness (QED) is 0.773. The lowest BCUT2D eigenvalue weighted by molar-refractivity contribution is -0.140. The summed E-state index contributed by atoms with van der Waals surface area (Å²) in [4.78, 5) is 22.5. The fourth-order valence-electron chi connectivity index (χ4n) is 1.63. The number of carboxylic acids is 1. The number of carboxylic acid groups (broad SMARTS) is 1.